The quantitative estimate of drug-likeness (QED) is 0.343. The van der Waals surface area contributed by atoms with Crippen LogP contribution in [0.1, 0.15) is 5.56 Å². The summed E-state index contributed by atoms with van der Waals surface area (Å²) in [6.45, 7) is 0. The van der Waals surface area contributed by atoms with Crippen molar-refractivity contribution in [3.8, 4) is 0 Å². The molecule has 5 N–H and O–H groups in total. The molecule has 0 bridgehead atoms. The Morgan fingerprint density at radius 3 is 1.94 bits per heavy atom. The van der Waals surface area contributed by atoms with Gasteiger partial charge in [0.1, 0.15) is 0 Å². The Morgan fingerprint density at radius 2 is 1.56 bits per heavy atom. The Bertz CT molecular complexity index is 433. The van der Waals surface area contributed by atoms with Crippen LogP contribution >= 0.6 is 16.5 Å². The van der Waals surface area contributed by atoms with Crippen LogP contribution in [0.15, 0.2) is 24.3 Å². The normalized spacial score (nSPS) is 15.9. The van der Waals surface area contributed by atoms with Gasteiger partial charge in [0, 0.05) is 14.8 Å². The molecule has 0 saturated heterocycles. The van der Waals surface area contributed by atoms with Crippen LogP contribution in [0.4, 0.5) is 5.69 Å². The zero-order valence-electron chi connectivity index (χ0n) is 8.96. The minimum Gasteiger partial charge on any atom is -0.399 e. The number of benzene rings is 1. The molecule has 0 aliphatic carbocycles. The van der Waals surface area contributed by atoms with E-state index < -0.39 is 28.9 Å². The van der Waals surface area contributed by atoms with E-state index >= 15 is 0 Å². The Hall–Kier alpha value is -0.980. The molecular formula is C8H11NO7P2+2. The summed E-state index contributed by atoms with van der Waals surface area (Å²) >= 11 is 0. The van der Waals surface area contributed by atoms with Crippen molar-refractivity contribution in [1.29, 1.82) is 0 Å². The van der Waals surface area contributed by atoms with Crippen molar-refractivity contribution in [2.45, 2.75) is 12.4 Å². The minimum atomic E-state index is -3.21. The first-order valence-corrected chi connectivity index (χ1v) is 6.84. The molecular weight excluding hydrogens is 284 g/mol. The number of anilines is 1. The lowest BCUT2D eigenvalue weighted by atomic mass is 10.1. The maximum Gasteiger partial charge on any atom is 0.700 e. The fraction of sp³-hybridized carbons (Fsp3) is 0.250. The molecule has 0 aliphatic rings. The Kier molecular flexibility index (Phi) is 5.25. The van der Waals surface area contributed by atoms with Gasteiger partial charge in [0.2, 0.25) is 0 Å². The number of nitrogens with two attached hydrogens (primary N) is 1. The molecule has 1 rings (SSSR count). The van der Waals surface area contributed by atoms with Crippen molar-refractivity contribution in [3.05, 3.63) is 29.8 Å². The second kappa shape index (κ2) is 6.26. The van der Waals surface area contributed by atoms with Crippen LogP contribution in [0.2, 0.25) is 0 Å². The summed E-state index contributed by atoms with van der Waals surface area (Å²) in [6.07, 6.45) is -0.420. The van der Waals surface area contributed by atoms with E-state index in [1.807, 2.05) is 0 Å². The first-order chi connectivity index (χ1) is 8.31. The van der Waals surface area contributed by atoms with Gasteiger partial charge in [-0.2, -0.15) is 0 Å². The van der Waals surface area contributed by atoms with Crippen LogP contribution in [0, 0.1) is 0 Å². The SMILES string of the molecule is Nc1ccc(CC(O)(O[P+](=O)O)O[P+](=O)O)cc1. The number of nitrogen functional groups attached to an aromatic ring is 1. The molecule has 0 amide bonds. The van der Waals surface area contributed by atoms with Crippen LogP contribution in [0.25, 0.3) is 0 Å². The Labute approximate surface area is 104 Å². The molecule has 2 unspecified atom stereocenters. The second-order valence-electron chi connectivity index (χ2n) is 3.29. The highest BCUT2D eigenvalue weighted by Crippen LogP contribution is 2.34. The van der Waals surface area contributed by atoms with Gasteiger partial charge in [-0.1, -0.05) is 12.1 Å². The summed E-state index contributed by atoms with van der Waals surface area (Å²) in [5, 5.41) is 9.71. The van der Waals surface area contributed by atoms with E-state index in [9.17, 15) is 14.2 Å². The van der Waals surface area contributed by atoms with Gasteiger partial charge in [-0.3, -0.25) is 0 Å². The predicted octanol–water partition coefficient (Wildman–Crippen LogP) is 0.790. The van der Waals surface area contributed by atoms with Gasteiger partial charge in [-0.05, 0) is 26.7 Å². The maximum atomic E-state index is 10.5. The molecule has 0 radical (unpaired) electrons. The van der Waals surface area contributed by atoms with E-state index in [1.54, 1.807) is 0 Å². The number of hydrogen-bond acceptors (Lipinski definition) is 6. The number of hydrogen-bond donors (Lipinski definition) is 4. The van der Waals surface area contributed by atoms with Gasteiger partial charge in [0.05, 0.1) is 6.42 Å². The van der Waals surface area contributed by atoms with Crippen molar-refractivity contribution in [3.63, 3.8) is 0 Å². The third-order valence-electron chi connectivity index (χ3n) is 1.85. The highest BCUT2D eigenvalue weighted by atomic mass is 31.1. The van der Waals surface area contributed by atoms with Crippen molar-refractivity contribution in [2.75, 3.05) is 5.73 Å². The van der Waals surface area contributed by atoms with Crippen molar-refractivity contribution in [2.24, 2.45) is 0 Å². The minimum absolute atomic E-state index is 0.420. The monoisotopic (exact) mass is 295 g/mol. The molecule has 0 heterocycles. The first-order valence-electron chi connectivity index (χ1n) is 4.58. The maximum absolute atomic E-state index is 10.5. The van der Waals surface area contributed by atoms with Gasteiger partial charge < -0.3 is 10.8 Å². The van der Waals surface area contributed by atoms with Crippen LogP contribution in [-0.2, 0) is 24.6 Å². The zero-order valence-corrected chi connectivity index (χ0v) is 10.8. The molecule has 2 atom stereocenters. The first kappa shape index (κ1) is 15.1. The fourth-order valence-electron chi connectivity index (χ4n) is 1.22. The van der Waals surface area contributed by atoms with Crippen LogP contribution in [0.3, 0.4) is 0 Å². The summed E-state index contributed by atoms with van der Waals surface area (Å²) in [5.41, 5.74) is 6.36. The average Bonchev–Trinajstić information content (AvgIpc) is 2.18. The molecule has 98 valence electrons. The lowest BCUT2D eigenvalue weighted by molar-refractivity contribution is -0.271. The summed E-state index contributed by atoms with van der Waals surface area (Å²) in [4.78, 5) is 17.1. The van der Waals surface area contributed by atoms with Crippen LogP contribution in [0.5, 0.6) is 0 Å². The van der Waals surface area contributed by atoms with E-state index in [2.05, 4.69) is 9.05 Å². The smallest absolute Gasteiger partial charge is 0.399 e. The van der Waals surface area contributed by atoms with Gasteiger partial charge in [-0.15, -0.1) is 9.79 Å². The molecule has 0 fully saturated rings. The highest BCUT2D eigenvalue weighted by molar-refractivity contribution is 7.33. The van der Waals surface area contributed by atoms with Gasteiger partial charge in [0.15, 0.2) is 0 Å². The third-order valence-corrected chi connectivity index (χ3v) is 2.73. The summed E-state index contributed by atoms with van der Waals surface area (Å²) in [5.74, 6) is -2.67. The van der Waals surface area contributed by atoms with Crippen LogP contribution in [-0.4, -0.2) is 20.9 Å². The largest absolute Gasteiger partial charge is 0.700 e. The fourth-order valence-corrected chi connectivity index (χ4v) is 1.97. The highest BCUT2D eigenvalue weighted by Gasteiger charge is 2.48. The topological polar surface area (TPSA) is 139 Å². The third kappa shape index (κ3) is 5.12. The standard InChI is InChI=1S/C8H9NO7P2/c9-7-3-1-6(2-4-7)5-8(10,15-17(11)12)16-18(13)14/h1-4,10H,5,9H2/p+2. The molecule has 0 aromatic heterocycles. The van der Waals surface area contributed by atoms with Crippen molar-refractivity contribution >= 4 is 22.2 Å². The second-order valence-corrected chi connectivity index (χ2v) is 4.61. The lowest BCUT2D eigenvalue weighted by Crippen LogP contribution is -2.34. The summed E-state index contributed by atoms with van der Waals surface area (Å²) < 4.78 is 29.5. The van der Waals surface area contributed by atoms with Gasteiger partial charge in [-0.25, -0.2) is 0 Å². The lowest BCUT2D eigenvalue weighted by Gasteiger charge is -2.13. The molecule has 8 nitrogen and oxygen atoms in total. The van der Waals surface area contributed by atoms with E-state index in [-0.39, 0.29) is 0 Å². The predicted molar refractivity (Wildman–Crippen MR) is 61.3 cm³/mol. The average molecular weight is 295 g/mol. The molecule has 0 aliphatic heterocycles. The Morgan fingerprint density at radius 1 is 1.11 bits per heavy atom. The van der Waals surface area contributed by atoms with Crippen molar-refractivity contribution in [1.82, 2.24) is 0 Å². The summed E-state index contributed by atoms with van der Waals surface area (Å²) in [7, 11) is -6.42. The molecule has 10 heteroatoms. The van der Waals surface area contributed by atoms with Gasteiger partial charge >= 0.3 is 22.5 Å². The van der Waals surface area contributed by atoms with Crippen molar-refractivity contribution < 1.29 is 33.1 Å². The molecule has 1 aromatic carbocycles. The zero-order chi connectivity index (χ0) is 13.8. The van der Waals surface area contributed by atoms with E-state index in [0.29, 0.717) is 11.3 Å². The van der Waals surface area contributed by atoms with E-state index in [0.717, 1.165) is 0 Å². The number of aliphatic hydroxyl groups is 1. The molecule has 18 heavy (non-hydrogen) atoms. The van der Waals surface area contributed by atoms with Gasteiger partial charge in [0.25, 0.3) is 0 Å². The molecule has 1 aromatic rings. The van der Waals surface area contributed by atoms with E-state index in [4.69, 9.17) is 15.5 Å². The number of rotatable bonds is 6. The molecule has 0 saturated carbocycles. The Balaban J connectivity index is 2.86. The molecule has 0 spiro atoms. The van der Waals surface area contributed by atoms with E-state index in [1.165, 1.54) is 24.3 Å². The summed E-state index contributed by atoms with van der Waals surface area (Å²) in [6, 6.07) is 6.05. The van der Waals surface area contributed by atoms with Crippen LogP contribution < -0.4 is 5.73 Å².